The lowest BCUT2D eigenvalue weighted by Crippen LogP contribution is -2.34. The number of likely N-dealkylation sites (tertiary alicyclic amines) is 1. The summed E-state index contributed by atoms with van der Waals surface area (Å²) in [6.07, 6.45) is 2.19. The Morgan fingerprint density at radius 1 is 1.29 bits per heavy atom. The Morgan fingerprint density at radius 3 is 2.75 bits per heavy atom. The molecule has 1 amide bonds. The van der Waals surface area contributed by atoms with Crippen LogP contribution in [0.5, 0.6) is 0 Å². The summed E-state index contributed by atoms with van der Waals surface area (Å²) in [4.78, 5) is 19.6. The zero-order chi connectivity index (χ0) is 19.1. The van der Waals surface area contributed by atoms with Crippen LogP contribution < -0.4 is 5.73 Å². The highest BCUT2D eigenvalue weighted by Crippen LogP contribution is 2.25. The fraction of sp³-hybridized carbons (Fsp3) is 0.476. The third kappa shape index (κ3) is 3.47. The van der Waals surface area contributed by atoms with Crippen molar-refractivity contribution in [3.63, 3.8) is 0 Å². The third-order valence-corrected chi connectivity index (χ3v) is 5.92. The first-order valence-electron chi connectivity index (χ1n) is 9.72. The summed E-state index contributed by atoms with van der Waals surface area (Å²) in [6.45, 7) is 7.65. The first-order chi connectivity index (χ1) is 13.0. The molecular formula is C21H28ClN5O. The van der Waals surface area contributed by atoms with Crippen molar-refractivity contribution in [2.75, 3.05) is 13.1 Å². The Labute approximate surface area is 171 Å². The summed E-state index contributed by atoms with van der Waals surface area (Å²) in [5, 5.41) is 5.76. The Hall–Kier alpha value is -2.18. The van der Waals surface area contributed by atoms with Crippen LogP contribution in [0.3, 0.4) is 0 Å². The highest BCUT2D eigenvalue weighted by molar-refractivity contribution is 5.92. The molecule has 0 saturated carbocycles. The second-order valence-electron chi connectivity index (χ2n) is 7.75. The first-order valence-corrected chi connectivity index (χ1v) is 9.72. The standard InChI is InChI=1S/C21H27N5O.ClH/c1-13-10-16(11-22)12-25(13)20(27)9-8-17-14(2)23-21-18-6-4-5-7-19(18)24-26(21)15(17)3;/h4-7,13,16H,8-12,22H2,1-3H3;1H. The smallest absolute Gasteiger partial charge is 0.223 e. The number of hydrogen-bond acceptors (Lipinski definition) is 4. The first kappa shape index (κ1) is 20.6. The van der Waals surface area contributed by atoms with Gasteiger partial charge in [0.15, 0.2) is 5.65 Å². The second kappa shape index (κ2) is 8.05. The van der Waals surface area contributed by atoms with Crippen LogP contribution in [-0.2, 0) is 11.2 Å². The van der Waals surface area contributed by atoms with Gasteiger partial charge in [0.05, 0.1) is 5.52 Å². The van der Waals surface area contributed by atoms with Gasteiger partial charge in [-0.2, -0.15) is 5.10 Å². The van der Waals surface area contributed by atoms with E-state index >= 15 is 0 Å². The zero-order valence-corrected chi connectivity index (χ0v) is 17.5. The Morgan fingerprint density at radius 2 is 2.04 bits per heavy atom. The highest BCUT2D eigenvalue weighted by atomic mass is 35.5. The van der Waals surface area contributed by atoms with Gasteiger partial charge in [-0.25, -0.2) is 9.50 Å². The molecule has 2 unspecified atom stereocenters. The van der Waals surface area contributed by atoms with Crippen molar-refractivity contribution in [2.45, 2.75) is 46.1 Å². The van der Waals surface area contributed by atoms with Gasteiger partial charge in [-0.15, -0.1) is 12.4 Å². The van der Waals surface area contributed by atoms with Crippen molar-refractivity contribution in [1.29, 1.82) is 0 Å². The molecule has 7 heteroatoms. The van der Waals surface area contributed by atoms with E-state index in [1.807, 2.05) is 34.5 Å². The summed E-state index contributed by atoms with van der Waals surface area (Å²) >= 11 is 0. The molecule has 3 aromatic rings. The lowest BCUT2D eigenvalue weighted by Gasteiger charge is -2.22. The second-order valence-corrected chi connectivity index (χ2v) is 7.75. The zero-order valence-electron chi connectivity index (χ0n) is 16.7. The Bertz CT molecular complexity index is 1010. The Balaban J connectivity index is 0.00000225. The summed E-state index contributed by atoms with van der Waals surface area (Å²) in [5.41, 5.74) is 10.8. The van der Waals surface area contributed by atoms with Crippen LogP contribution in [0.25, 0.3) is 16.6 Å². The molecule has 4 rings (SSSR count). The van der Waals surface area contributed by atoms with E-state index in [0.717, 1.165) is 46.5 Å². The van der Waals surface area contributed by atoms with Crippen molar-refractivity contribution in [1.82, 2.24) is 19.5 Å². The van der Waals surface area contributed by atoms with Crippen molar-refractivity contribution < 1.29 is 4.79 Å². The topological polar surface area (TPSA) is 76.5 Å². The molecule has 2 aromatic heterocycles. The van der Waals surface area contributed by atoms with Crippen LogP contribution in [0, 0.1) is 19.8 Å². The van der Waals surface area contributed by atoms with E-state index in [0.29, 0.717) is 25.3 Å². The maximum Gasteiger partial charge on any atom is 0.223 e. The summed E-state index contributed by atoms with van der Waals surface area (Å²) in [5.74, 6) is 0.643. The number of hydrogen-bond donors (Lipinski definition) is 1. The van der Waals surface area contributed by atoms with Gasteiger partial charge in [-0.05, 0) is 63.8 Å². The number of aryl methyl sites for hydroxylation is 2. The minimum atomic E-state index is 0. The van der Waals surface area contributed by atoms with Crippen LogP contribution in [-0.4, -0.2) is 44.5 Å². The molecule has 1 aromatic carbocycles. The van der Waals surface area contributed by atoms with Crippen molar-refractivity contribution in [3.8, 4) is 0 Å². The maximum absolute atomic E-state index is 12.8. The molecule has 150 valence electrons. The minimum Gasteiger partial charge on any atom is -0.340 e. The molecule has 0 bridgehead atoms. The van der Waals surface area contributed by atoms with E-state index in [9.17, 15) is 4.79 Å². The van der Waals surface area contributed by atoms with Gasteiger partial charge >= 0.3 is 0 Å². The molecule has 0 radical (unpaired) electrons. The number of nitrogens with two attached hydrogens (primary N) is 1. The predicted octanol–water partition coefficient (Wildman–Crippen LogP) is 3.05. The number of carbonyl (C=O) groups is 1. The van der Waals surface area contributed by atoms with E-state index in [1.54, 1.807) is 0 Å². The van der Waals surface area contributed by atoms with Crippen LogP contribution in [0.15, 0.2) is 24.3 Å². The predicted molar refractivity (Wildman–Crippen MR) is 114 cm³/mol. The lowest BCUT2D eigenvalue weighted by atomic mass is 10.1. The molecule has 1 fully saturated rings. The van der Waals surface area contributed by atoms with E-state index in [2.05, 4.69) is 19.9 Å². The minimum absolute atomic E-state index is 0. The molecule has 2 atom stereocenters. The van der Waals surface area contributed by atoms with E-state index in [-0.39, 0.29) is 24.4 Å². The number of halogens is 1. The summed E-state index contributed by atoms with van der Waals surface area (Å²) < 4.78 is 1.92. The summed E-state index contributed by atoms with van der Waals surface area (Å²) in [6, 6.07) is 8.34. The normalized spacial score (nSPS) is 19.4. The van der Waals surface area contributed by atoms with E-state index in [4.69, 9.17) is 15.8 Å². The average molecular weight is 402 g/mol. The van der Waals surface area contributed by atoms with Gasteiger partial charge in [0.2, 0.25) is 5.91 Å². The number of fused-ring (bicyclic) bond motifs is 3. The SMILES string of the molecule is Cc1nc2c3ccccc3nn2c(C)c1CCC(=O)N1CC(CN)CC1C.Cl. The van der Waals surface area contributed by atoms with E-state index in [1.165, 1.54) is 0 Å². The number of nitrogens with zero attached hydrogens (tertiary/aromatic N) is 4. The largest absolute Gasteiger partial charge is 0.340 e. The molecule has 3 heterocycles. The van der Waals surface area contributed by atoms with Crippen LogP contribution in [0.2, 0.25) is 0 Å². The molecule has 28 heavy (non-hydrogen) atoms. The van der Waals surface area contributed by atoms with Gasteiger partial charge in [0.25, 0.3) is 0 Å². The van der Waals surface area contributed by atoms with Crippen molar-refractivity contribution in [3.05, 3.63) is 41.2 Å². The molecule has 1 aliphatic rings. The Kier molecular flexibility index (Phi) is 5.91. The molecule has 0 aliphatic carbocycles. The van der Waals surface area contributed by atoms with Crippen molar-refractivity contribution in [2.24, 2.45) is 11.7 Å². The molecular weight excluding hydrogens is 374 g/mol. The number of amides is 1. The molecule has 1 aliphatic heterocycles. The van der Waals surface area contributed by atoms with Crippen LogP contribution >= 0.6 is 12.4 Å². The fourth-order valence-corrected chi connectivity index (χ4v) is 4.37. The number of aromatic nitrogens is 3. The van der Waals surface area contributed by atoms with Crippen LogP contribution in [0.1, 0.15) is 36.7 Å². The van der Waals surface area contributed by atoms with Gasteiger partial charge < -0.3 is 10.6 Å². The van der Waals surface area contributed by atoms with Gasteiger partial charge in [-0.1, -0.05) is 12.1 Å². The monoisotopic (exact) mass is 401 g/mol. The number of rotatable bonds is 4. The van der Waals surface area contributed by atoms with Gasteiger partial charge in [0, 0.05) is 35.8 Å². The highest BCUT2D eigenvalue weighted by Gasteiger charge is 2.31. The van der Waals surface area contributed by atoms with Crippen molar-refractivity contribution >= 4 is 34.9 Å². The quantitative estimate of drug-likeness (QED) is 0.728. The number of carbonyl (C=O) groups excluding carboxylic acids is 1. The summed E-state index contributed by atoms with van der Waals surface area (Å²) in [7, 11) is 0. The molecule has 2 N–H and O–H groups in total. The van der Waals surface area contributed by atoms with E-state index < -0.39 is 0 Å². The molecule has 6 nitrogen and oxygen atoms in total. The number of benzene rings is 1. The van der Waals surface area contributed by atoms with Crippen LogP contribution in [0.4, 0.5) is 0 Å². The lowest BCUT2D eigenvalue weighted by molar-refractivity contribution is -0.131. The fourth-order valence-electron chi connectivity index (χ4n) is 4.37. The van der Waals surface area contributed by atoms with Gasteiger partial charge in [0.1, 0.15) is 0 Å². The van der Waals surface area contributed by atoms with Gasteiger partial charge in [-0.3, -0.25) is 4.79 Å². The molecule has 0 spiro atoms. The third-order valence-electron chi connectivity index (χ3n) is 5.92. The average Bonchev–Trinajstić information content (AvgIpc) is 3.22. The molecule has 1 saturated heterocycles. The maximum atomic E-state index is 12.8.